The quantitative estimate of drug-likeness (QED) is 0.804. The first-order valence-corrected chi connectivity index (χ1v) is 9.80. The van der Waals surface area contributed by atoms with Crippen LogP contribution in [0.4, 0.5) is 0 Å². The Bertz CT molecular complexity index is 851. The minimum atomic E-state index is -0.453. The van der Waals surface area contributed by atoms with Crippen LogP contribution in [0.15, 0.2) is 36.4 Å². The Hall–Kier alpha value is -2.62. The second kappa shape index (κ2) is 8.38. The van der Waals surface area contributed by atoms with Crippen LogP contribution in [0.25, 0.3) is 0 Å². The van der Waals surface area contributed by atoms with E-state index in [2.05, 4.69) is 24.4 Å². The van der Waals surface area contributed by atoms with Gasteiger partial charge in [0, 0.05) is 17.7 Å². The third kappa shape index (κ3) is 4.38. The van der Waals surface area contributed by atoms with Gasteiger partial charge in [-0.1, -0.05) is 44.0 Å². The van der Waals surface area contributed by atoms with Crippen molar-refractivity contribution < 1.29 is 9.59 Å². The zero-order valence-corrected chi connectivity index (χ0v) is 16.2. The monoisotopic (exact) mass is 364 g/mol. The number of nitrogens with one attached hydrogen (secondary N) is 1. The highest BCUT2D eigenvalue weighted by Crippen LogP contribution is 2.38. The van der Waals surface area contributed by atoms with E-state index in [9.17, 15) is 9.59 Å². The molecule has 1 saturated carbocycles. The van der Waals surface area contributed by atoms with Crippen molar-refractivity contribution in [2.75, 3.05) is 0 Å². The molecule has 0 unspecified atom stereocenters. The molecule has 1 aliphatic carbocycles. The molecule has 0 aromatic heterocycles. The zero-order chi connectivity index (χ0) is 19.4. The van der Waals surface area contributed by atoms with Crippen LogP contribution in [0.2, 0.25) is 0 Å². The first-order chi connectivity index (χ1) is 13.0. The summed E-state index contributed by atoms with van der Waals surface area (Å²) in [5.74, 6) is -0.354. The lowest BCUT2D eigenvalue weighted by atomic mass is 9.86. The largest absolute Gasteiger partial charge is 0.366 e. The minimum Gasteiger partial charge on any atom is -0.366 e. The van der Waals surface area contributed by atoms with E-state index in [-0.39, 0.29) is 11.8 Å². The van der Waals surface area contributed by atoms with Crippen LogP contribution in [-0.2, 0) is 13.0 Å². The first kappa shape index (κ1) is 19.2. The number of primary amides is 1. The lowest BCUT2D eigenvalue weighted by Crippen LogP contribution is -2.27. The molecule has 0 bridgehead atoms. The Labute approximate surface area is 161 Å². The fourth-order valence-corrected chi connectivity index (χ4v) is 4.08. The number of carbonyl (C=O) groups excluding carboxylic acids is 2. The zero-order valence-electron chi connectivity index (χ0n) is 16.2. The summed E-state index contributed by atoms with van der Waals surface area (Å²) in [6.07, 6.45) is 5.22. The van der Waals surface area contributed by atoms with Crippen molar-refractivity contribution in [3.8, 4) is 0 Å². The Kier molecular flexibility index (Phi) is 5.94. The molecule has 4 nitrogen and oxygen atoms in total. The van der Waals surface area contributed by atoms with E-state index >= 15 is 0 Å². The number of hydrogen-bond acceptors (Lipinski definition) is 2. The molecule has 0 radical (unpaired) electrons. The summed E-state index contributed by atoms with van der Waals surface area (Å²) < 4.78 is 0. The van der Waals surface area contributed by atoms with Crippen molar-refractivity contribution in [2.45, 2.75) is 58.4 Å². The van der Waals surface area contributed by atoms with Crippen molar-refractivity contribution in [1.82, 2.24) is 5.32 Å². The predicted octanol–water partition coefficient (Wildman–Crippen LogP) is 4.24. The van der Waals surface area contributed by atoms with Crippen LogP contribution in [0.1, 0.15) is 81.5 Å². The van der Waals surface area contributed by atoms with Gasteiger partial charge < -0.3 is 11.1 Å². The summed E-state index contributed by atoms with van der Waals surface area (Å²) >= 11 is 0. The summed E-state index contributed by atoms with van der Waals surface area (Å²) in [4.78, 5) is 25.1. The van der Waals surface area contributed by atoms with Crippen LogP contribution in [-0.4, -0.2) is 11.8 Å². The Morgan fingerprint density at radius 2 is 1.74 bits per heavy atom. The van der Waals surface area contributed by atoms with E-state index < -0.39 is 5.91 Å². The molecular formula is C23H28N2O2. The van der Waals surface area contributed by atoms with E-state index in [0.29, 0.717) is 17.7 Å². The Morgan fingerprint density at radius 1 is 1.07 bits per heavy atom. The summed E-state index contributed by atoms with van der Waals surface area (Å²) in [5.41, 5.74) is 10.8. The second-order valence-corrected chi connectivity index (χ2v) is 7.48. The van der Waals surface area contributed by atoms with Gasteiger partial charge in [0.1, 0.15) is 0 Å². The van der Waals surface area contributed by atoms with Gasteiger partial charge in [-0.05, 0) is 66.5 Å². The maximum absolute atomic E-state index is 13.0. The molecule has 0 saturated heterocycles. The SMILES string of the molecule is CCc1cccc(CNC(=O)c2cc(C)cc(C(N)=O)c2C2CCCC2)c1. The van der Waals surface area contributed by atoms with E-state index in [0.717, 1.165) is 48.8 Å². The van der Waals surface area contributed by atoms with Crippen LogP contribution in [0, 0.1) is 6.92 Å². The van der Waals surface area contributed by atoms with Crippen LogP contribution in [0.5, 0.6) is 0 Å². The number of amides is 2. The number of hydrogen-bond donors (Lipinski definition) is 2. The molecule has 1 aliphatic rings. The molecule has 2 aromatic rings. The third-order valence-corrected chi connectivity index (χ3v) is 5.45. The maximum Gasteiger partial charge on any atom is 0.251 e. The fraction of sp³-hybridized carbons (Fsp3) is 0.391. The molecule has 0 atom stereocenters. The predicted molar refractivity (Wildman–Crippen MR) is 108 cm³/mol. The van der Waals surface area contributed by atoms with Crippen molar-refractivity contribution in [1.29, 1.82) is 0 Å². The van der Waals surface area contributed by atoms with Gasteiger partial charge in [-0.3, -0.25) is 9.59 Å². The van der Waals surface area contributed by atoms with Gasteiger partial charge in [-0.2, -0.15) is 0 Å². The molecule has 2 amide bonds. The van der Waals surface area contributed by atoms with Crippen molar-refractivity contribution in [2.24, 2.45) is 5.73 Å². The molecule has 0 spiro atoms. The summed E-state index contributed by atoms with van der Waals surface area (Å²) in [6, 6.07) is 11.9. The van der Waals surface area contributed by atoms with Crippen molar-refractivity contribution in [3.63, 3.8) is 0 Å². The lowest BCUT2D eigenvalue weighted by Gasteiger charge is -2.19. The Morgan fingerprint density at radius 3 is 2.41 bits per heavy atom. The van der Waals surface area contributed by atoms with Gasteiger partial charge in [-0.25, -0.2) is 0 Å². The summed E-state index contributed by atoms with van der Waals surface area (Å²) in [7, 11) is 0. The fourth-order valence-electron chi connectivity index (χ4n) is 4.08. The van der Waals surface area contributed by atoms with Crippen LogP contribution < -0.4 is 11.1 Å². The number of rotatable bonds is 6. The van der Waals surface area contributed by atoms with Gasteiger partial charge >= 0.3 is 0 Å². The lowest BCUT2D eigenvalue weighted by molar-refractivity contribution is 0.0949. The highest BCUT2D eigenvalue weighted by atomic mass is 16.2. The normalized spacial score (nSPS) is 14.3. The number of carbonyl (C=O) groups is 2. The van der Waals surface area contributed by atoms with E-state index in [1.807, 2.05) is 31.2 Å². The summed E-state index contributed by atoms with van der Waals surface area (Å²) in [5, 5.41) is 3.03. The molecule has 142 valence electrons. The Balaban J connectivity index is 1.89. The number of aryl methyl sites for hydroxylation is 2. The molecular weight excluding hydrogens is 336 g/mol. The van der Waals surface area contributed by atoms with Gasteiger partial charge in [0.25, 0.3) is 5.91 Å². The highest BCUT2D eigenvalue weighted by molar-refractivity contribution is 6.02. The molecule has 4 heteroatoms. The third-order valence-electron chi connectivity index (χ3n) is 5.45. The molecule has 27 heavy (non-hydrogen) atoms. The first-order valence-electron chi connectivity index (χ1n) is 9.80. The maximum atomic E-state index is 13.0. The standard InChI is InChI=1S/C23H28N2O2/c1-3-16-7-6-8-17(13-16)14-25-23(27)20-12-15(2)11-19(22(24)26)21(20)18-9-4-5-10-18/h6-8,11-13,18H,3-5,9-10,14H2,1-2H3,(H2,24,26)(H,25,27). The van der Waals surface area contributed by atoms with Crippen LogP contribution in [0.3, 0.4) is 0 Å². The average Bonchev–Trinajstić information content (AvgIpc) is 3.19. The summed E-state index contributed by atoms with van der Waals surface area (Å²) in [6.45, 7) is 4.48. The highest BCUT2D eigenvalue weighted by Gasteiger charge is 2.27. The van der Waals surface area contributed by atoms with Crippen molar-refractivity contribution in [3.05, 3.63) is 69.8 Å². The number of nitrogens with two attached hydrogens (primary N) is 1. The molecule has 3 N–H and O–H groups in total. The van der Waals surface area contributed by atoms with Crippen LogP contribution >= 0.6 is 0 Å². The molecule has 0 aliphatic heterocycles. The second-order valence-electron chi connectivity index (χ2n) is 7.48. The van der Waals surface area contributed by atoms with E-state index in [1.54, 1.807) is 0 Å². The molecule has 0 heterocycles. The average molecular weight is 364 g/mol. The van der Waals surface area contributed by atoms with E-state index in [4.69, 9.17) is 5.73 Å². The molecule has 3 rings (SSSR count). The molecule has 2 aromatic carbocycles. The van der Waals surface area contributed by atoms with Gasteiger partial charge in [0.05, 0.1) is 0 Å². The van der Waals surface area contributed by atoms with E-state index in [1.165, 1.54) is 5.56 Å². The van der Waals surface area contributed by atoms with Crippen molar-refractivity contribution >= 4 is 11.8 Å². The topological polar surface area (TPSA) is 72.2 Å². The minimum absolute atomic E-state index is 0.134. The molecule has 1 fully saturated rings. The number of benzene rings is 2. The smallest absolute Gasteiger partial charge is 0.251 e. The van der Waals surface area contributed by atoms with Gasteiger partial charge in [0.15, 0.2) is 0 Å². The van der Waals surface area contributed by atoms with Gasteiger partial charge in [-0.15, -0.1) is 0 Å². The van der Waals surface area contributed by atoms with Gasteiger partial charge in [0.2, 0.25) is 5.91 Å².